The SMILES string of the molecule is COC(=O)Cc1[nH]n(-c2ccc(F)cc2)c(=O)c1C(C)=NCc1ccc2c(c1)OCO2. The van der Waals surface area contributed by atoms with E-state index in [2.05, 4.69) is 10.1 Å². The highest BCUT2D eigenvalue weighted by atomic mass is 19.1. The van der Waals surface area contributed by atoms with Crippen molar-refractivity contribution in [2.45, 2.75) is 19.9 Å². The predicted molar refractivity (Wildman–Crippen MR) is 111 cm³/mol. The van der Waals surface area contributed by atoms with Gasteiger partial charge in [-0.3, -0.25) is 19.7 Å². The predicted octanol–water partition coefficient (Wildman–Crippen LogP) is 2.76. The number of nitrogens with zero attached hydrogens (tertiary/aromatic N) is 2. The van der Waals surface area contributed by atoms with Gasteiger partial charge in [0.25, 0.3) is 5.56 Å². The van der Waals surface area contributed by atoms with Gasteiger partial charge in [-0.25, -0.2) is 9.07 Å². The lowest BCUT2D eigenvalue weighted by molar-refractivity contribution is -0.139. The number of halogens is 1. The van der Waals surface area contributed by atoms with Gasteiger partial charge in [-0.15, -0.1) is 0 Å². The third-order valence-electron chi connectivity index (χ3n) is 4.90. The molecule has 0 radical (unpaired) electrons. The van der Waals surface area contributed by atoms with Crippen molar-refractivity contribution < 1.29 is 23.4 Å². The summed E-state index contributed by atoms with van der Waals surface area (Å²) in [6.07, 6.45) is -0.133. The molecule has 160 valence electrons. The van der Waals surface area contributed by atoms with Crippen molar-refractivity contribution in [3.05, 3.63) is 75.5 Å². The molecule has 1 aliphatic rings. The largest absolute Gasteiger partial charge is 0.469 e. The number of ether oxygens (including phenoxy) is 3. The Morgan fingerprint density at radius 3 is 2.68 bits per heavy atom. The van der Waals surface area contributed by atoms with Crippen LogP contribution in [0.15, 0.2) is 52.3 Å². The average molecular weight is 425 g/mol. The number of carbonyl (C=O) groups is 1. The number of rotatable bonds is 6. The van der Waals surface area contributed by atoms with Crippen molar-refractivity contribution in [3.8, 4) is 17.2 Å². The fourth-order valence-electron chi connectivity index (χ4n) is 3.30. The minimum atomic E-state index is -0.502. The molecule has 0 amide bonds. The lowest BCUT2D eigenvalue weighted by Crippen LogP contribution is -2.20. The van der Waals surface area contributed by atoms with Gasteiger partial charge in [0.05, 0.1) is 37.0 Å². The fraction of sp³-hybridized carbons (Fsp3) is 0.227. The lowest BCUT2D eigenvalue weighted by atomic mass is 10.1. The summed E-state index contributed by atoms with van der Waals surface area (Å²) in [7, 11) is 1.28. The summed E-state index contributed by atoms with van der Waals surface area (Å²) in [5, 5.41) is 2.93. The third kappa shape index (κ3) is 4.20. The maximum absolute atomic E-state index is 13.3. The molecule has 0 aliphatic carbocycles. The van der Waals surface area contributed by atoms with Gasteiger partial charge in [-0.2, -0.15) is 0 Å². The Hall–Kier alpha value is -3.88. The Labute approximate surface area is 176 Å². The van der Waals surface area contributed by atoms with Gasteiger partial charge in [0.15, 0.2) is 11.5 Å². The van der Waals surface area contributed by atoms with E-state index in [4.69, 9.17) is 14.2 Å². The molecule has 8 nitrogen and oxygen atoms in total. The van der Waals surface area contributed by atoms with Crippen molar-refractivity contribution in [2.24, 2.45) is 4.99 Å². The minimum absolute atomic E-state index is 0.133. The molecule has 0 atom stereocenters. The number of aromatic amines is 1. The van der Waals surface area contributed by atoms with Crippen molar-refractivity contribution >= 4 is 11.7 Å². The van der Waals surface area contributed by atoms with Gasteiger partial charge < -0.3 is 14.2 Å². The highest BCUT2D eigenvalue weighted by Crippen LogP contribution is 2.32. The van der Waals surface area contributed by atoms with Crippen LogP contribution in [0.25, 0.3) is 5.69 Å². The zero-order valence-electron chi connectivity index (χ0n) is 17.0. The zero-order valence-corrected chi connectivity index (χ0v) is 17.0. The average Bonchev–Trinajstić information content (AvgIpc) is 3.36. The molecule has 0 unspecified atom stereocenters. The number of hydrogen-bond donors (Lipinski definition) is 1. The molecule has 3 aromatic rings. The lowest BCUT2D eigenvalue weighted by Gasteiger charge is -2.03. The first kappa shape index (κ1) is 20.4. The van der Waals surface area contributed by atoms with Crippen LogP contribution in [0.2, 0.25) is 0 Å². The first-order chi connectivity index (χ1) is 15.0. The van der Waals surface area contributed by atoms with Crippen LogP contribution < -0.4 is 15.0 Å². The highest BCUT2D eigenvalue weighted by Gasteiger charge is 2.20. The third-order valence-corrected chi connectivity index (χ3v) is 4.90. The van der Waals surface area contributed by atoms with Crippen LogP contribution >= 0.6 is 0 Å². The molecule has 1 aliphatic heterocycles. The molecule has 0 spiro atoms. The van der Waals surface area contributed by atoms with Gasteiger partial charge >= 0.3 is 5.97 Å². The molecule has 31 heavy (non-hydrogen) atoms. The van der Waals surface area contributed by atoms with E-state index < -0.39 is 17.3 Å². The van der Waals surface area contributed by atoms with Crippen molar-refractivity contribution in [3.63, 3.8) is 0 Å². The summed E-state index contributed by atoms with van der Waals surface area (Å²) in [6.45, 7) is 2.19. The molecule has 0 fully saturated rings. The first-order valence-corrected chi connectivity index (χ1v) is 9.53. The number of fused-ring (bicyclic) bond motifs is 1. The Bertz CT molecular complexity index is 1210. The molecule has 9 heteroatoms. The number of aliphatic imine (C=N–C) groups is 1. The first-order valence-electron chi connectivity index (χ1n) is 9.53. The monoisotopic (exact) mass is 425 g/mol. The molecule has 0 saturated carbocycles. The molecule has 1 aromatic heterocycles. The molecule has 2 heterocycles. The van der Waals surface area contributed by atoms with E-state index in [1.807, 2.05) is 18.2 Å². The van der Waals surface area contributed by atoms with E-state index in [0.29, 0.717) is 35.1 Å². The Balaban J connectivity index is 1.69. The van der Waals surface area contributed by atoms with Crippen LogP contribution in [0.5, 0.6) is 11.5 Å². The summed E-state index contributed by atoms with van der Waals surface area (Å²) in [5.41, 5.74) is 2.03. The number of carbonyl (C=O) groups excluding carboxylic acids is 1. The van der Waals surface area contributed by atoms with Gasteiger partial charge in [0.2, 0.25) is 6.79 Å². The van der Waals surface area contributed by atoms with Gasteiger partial charge in [0, 0.05) is 5.71 Å². The molecule has 1 N–H and O–H groups in total. The summed E-state index contributed by atoms with van der Waals surface area (Å²) in [4.78, 5) is 29.5. The van der Waals surface area contributed by atoms with Gasteiger partial charge in [0.1, 0.15) is 5.82 Å². The van der Waals surface area contributed by atoms with Crippen LogP contribution in [0.3, 0.4) is 0 Å². The summed E-state index contributed by atoms with van der Waals surface area (Å²) in [5.74, 6) is 0.409. The van der Waals surface area contributed by atoms with Crippen molar-refractivity contribution in [1.29, 1.82) is 0 Å². The van der Waals surface area contributed by atoms with Crippen LogP contribution in [0, 0.1) is 5.82 Å². The number of aromatic nitrogens is 2. The van der Waals surface area contributed by atoms with E-state index in [9.17, 15) is 14.0 Å². The molecule has 2 aromatic carbocycles. The quantitative estimate of drug-likeness (QED) is 0.484. The molecule has 0 saturated heterocycles. The maximum atomic E-state index is 13.3. The second kappa shape index (κ2) is 8.47. The van der Waals surface area contributed by atoms with Crippen molar-refractivity contribution in [2.75, 3.05) is 13.9 Å². The fourth-order valence-corrected chi connectivity index (χ4v) is 3.30. The smallest absolute Gasteiger partial charge is 0.311 e. The van der Waals surface area contributed by atoms with E-state index in [1.165, 1.54) is 36.1 Å². The summed E-state index contributed by atoms with van der Waals surface area (Å²) >= 11 is 0. The second-order valence-corrected chi connectivity index (χ2v) is 6.92. The number of methoxy groups -OCH3 is 1. The number of nitrogens with one attached hydrogen (secondary N) is 1. The summed E-state index contributed by atoms with van der Waals surface area (Å²) < 4.78 is 30.0. The van der Waals surface area contributed by atoms with Crippen LogP contribution in [-0.2, 0) is 22.5 Å². The van der Waals surface area contributed by atoms with Crippen molar-refractivity contribution in [1.82, 2.24) is 9.78 Å². The van der Waals surface area contributed by atoms with Crippen LogP contribution in [0.1, 0.15) is 23.7 Å². The van der Waals surface area contributed by atoms with Crippen LogP contribution in [0.4, 0.5) is 4.39 Å². The Kier molecular flexibility index (Phi) is 5.57. The Morgan fingerprint density at radius 1 is 1.19 bits per heavy atom. The van der Waals surface area contributed by atoms with Gasteiger partial charge in [-0.1, -0.05) is 6.07 Å². The van der Waals surface area contributed by atoms with E-state index in [1.54, 1.807) is 6.92 Å². The number of H-pyrrole nitrogens is 1. The van der Waals surface area contributed by atoms with E-state index >= 15 is 0 Å². The topological polar surface area (TPSA) is 94.9 Å². The highest BCUT2D eigenvalue weighted by molar-refractivity contribution is 6.00. The number of hydrogen-bond acceptors (Lipinski definition) is 6. The zero-order chi connectivity index (χ0) is 22.0. The number of esters is 1. The van der Waals surface area contributed by atoms with E-state index in [-0.39, 0.29) is 18.8 Å². The second-order valence-electron chi connectivity index (χ2n) is 6.92. The molecular weight excluding hydrogens is 405 g/mol. The summed E-state index contributed by atoms with van der Waals surface area (Å²) in [6, 6.07) is 11.0. The van der Waals surface area contributed by atoms with Gasteiger partial charge in [-0.05, 0) is 48.9 Å². The normalized spacial score (nSPS) is 12.8. The molecular formula is C22H20FN3O5. The Morgan fingerprint density at radius 2 is 1.94 bits per heavy atom. The van der Waals surface area contributed by atoms with E-state index in [0.717, 1.165) is 5.56 Å². The number of benzene rings is 2. The standard InChI is InChI=1S/C22H20FN3O5/c1-13(24-11-14-3-8-18-19(9-14)31-12-30-18)21-17(10-20(27)29-2)25-26(22(21)28)16-6-4-15(23)5-7-16/h3-9,25H,10-12H2,1-2H3. The molecule has 0 bridgehead atoms. The van der Waals surface area contributed by atoms with Crippen LogP contribution in [-0.4, -0.2) is 35.4 Å². The minimum Gasteiger partial charge on any atom is -0.469 e. The molecule has 4 rings (SSSR count). The maximum Gasteiger partial charge on any atom is 0.311 e.